The Morgan fingerprint density at radius 3 is 2.60 bits per heavy atom. The topological polar surface area (TPSA) is 58.4 Å². The molecule has 0 aliphatic carbocycles. The monoisotopic (exact) mass is 273 g/mol. The highest BCUT2D eigenvalue weighted by Gasteiger charge is 2.17. The Hall–Kier alpha value is -2.14. The molecule has 0 bridgehead atoms. The number of aromatic nitrogens is 1. The number of likely N-dealkylation sites (N-methyl/N-ethyl adjacent to an activating group) is 1. The maximum absolute atomic E-state index is 12.0. The molecule has 0 radical (unpaired) electrons. The van der Waals surface area contributed by atoms with Crippen LogP contribution in [-0.4, -0.2) is 36.6 Å². The highest BCUT2D eigenvalue weighted by atomic mass is 16.5. The van der Waals surface area contributed by atoms with Crippen molar-refractivity contribution in [3.05, 3.63) is 53.4 Å². The minimum absolute atomic E-state index is 0.119. The van der Waals surface area contributed by atoms with Gasteiger partial charge in [-0.3, -0.25) is 4.79 Å². The van der Waals surface area contributed by atoms with Crippen LogP contribution < -0.4 is 5.32 Å². The van der Waals surface area contributed by atoms with Crippen LogP contribution in [0.2, 0.25) is 0 Å². The fourth-order valence-electron chi connectivity index (χ4n) is 2.03. The van der Waals surface area contributed by atoms with Gasteiger partial charge in [0.1, 0.15) is 5.76 Å². The molecule has 0 saturated carbocycles. The summed E-state index contributed by atoms with van der Waals surface area (Å²) in [5, 5.41) is 6.60. The fraction of sp³-hybridized carbons (Fsp3) is 0.333. The summed E-state index contributed by atoms with van der Waals surface area (Å²) in [7, 11) is 3.98. The van der Waals surface area contributed by atoms with E-state index < -0.39 is 0 Å². The first-order chi connectivity index (χ1) is 9.58. The van der Waals surface area contributed by atoms with Crippen molar-refractivity contribution in [2.45, 2.75) is 13.0 Å². The zero-order valence-electron chi connectivity index (χ0n) is 12.0. The highest BCUT2D eigenvalue weighted by molar-refractivity contribution is 5.92. The summed E-state index contributed by atoms with van der Waals surface area (Å²) in [4.78, 5) is 14.0. The van der Waals surface area contributed by atoms with Crippen molar-refractivity contribution in [1.82, 2.24) is 15.4 Å². The lowest BCUT2D eigenvalue weighted by molar-refractivity contribution is 0.0933. The van der Waals surface area contributed by atoms with E-state index in [0.29, 0.717) is 18.0 Å². The molecule has 5 heteroatoms. The predicted octanol–water partition coefficient (Wildman–Crippen LogP) is 2.02. The number of hydrogen-bond acceptors (Lipinski definition) is 4. The van der Waals surface area contributed by atoms with Gasteiger partial charge in [0.2, 0.25) is 0 Å². The van der Waals surface area contributed by atoms with E-state index in [9.17, 15) is 4.79 Å². The highest BCUT2D eigenvalue weighted by Crippen LogP contribution is 2.16. The summed E-state index contributed by atoms with van der Waals surface area (Å²) in [6.07, 6.45) is 0. The molecule has 5 nitrogen and oxygen atoms in total. The zero-order chi connectivity index (χ0) is 14.5. The summed E-state index contributed by atoms with van der Waals surface area (Å²) in [5.74, 6) is 0.409. The van der Waals surface area contributed by atoms with Gasteiger partial charge in [0.15, 0.2) is 5.69 Å². The van der Waals surface area contributed by atoms with Gasteiger partial charge in [-0.1, -0.05) is 35.5 Å². The van der Waals surface area contributed by atoms with E-state index in [-0.39, 0.29) is 11.9 Å². The summed E-state index contributed by atoms with van der Waals surface area (Å²) in [5.41, 5.74) is 1.47. The van der Waals surface area contributed by atoms with Gasteiger partial charge in [-0.15, -0.1) is 0 Å². The molecule has 1 aromatic carbocycles. The van der Waals surface area contributed by atoms with Crippen LogP contribution in [0.15, 0.2) is 40.9 Å². The van der Waals surface area contributed by atoms with Gasteiger partial charge in [-0.2, -0.15) is 0 Å². The molecular formula is C15H19N3O2. The molecule has 1 aromatic heterocycles. The fourth-order valence-corrected chi connectivity index (χ4v) is 2.03. The van der Waals surface area contributed by atoms with Crippen LogP contribution in [0.25, 0.3) is 0 Å². The standard InChI is InChI=1S/C15H19N3O2/c1-11-9-13(17-20-11)15(19)16-10-14(18(2)3)12-7-5-4-6-8-12/h4-9,14H,10H2,1-3H3,(H,16,19)/t14-/m0/s1. The Morgan fingerprint density at radius 2 is 2.05 bits per heavy atom. The number of benzene rings is 1. The summed E-state index contributed by atoms with van der Waals surface area (Å²) in [6.45, 7) is 2.28. The van der Waals surface area contributed by atoms with Crippen molar-refractivity contribution >= 4 is 5.91 Å². The van der Waals surface area contributed by atoms with Gasteiger partial charge < -0.3 is 14.7 Å². The summed E-state index contributed by atoms with van der Waals surface area (Å²) >= 11 is 0. The number of aryl methyl sites for hydroxylation is 1. The first-order valence-corrected chi connectivity index (χ1v) is 6.51. The first-order valence-electron chi connectivity index (χ1n) is 6.51. The number of nitrogens with zero attached hydrogens (tertiary/aromatic N) is 2. The average molecular weight is 273 g/mol. The number of nitrogens with one attached hydrogen (secondary N) is 1. The molecule has 20 heavy (non-hydrogen) atoms. The number of rotatable bonds is 5. The van der Waals surface area contributed by atoms with Crippen LogP contribution in [0, 0.1) is 6.92 Å². The van der Waals surface area contributed by atoms with Gasteiger partial charge in [0.25, 0.3) is 5.91 Å². The smallest absolute Gasteiger partial charge is 0.273 e. The normalized spacial score (nSPS) is 12.4. The largest absolute Gasteiger partial charge is 0.361 e. The van der Waals surface area contributed by atoms with Crippen molar-refractivity contribution in [3.8, 4) is 0 Å². The van der Waals surface area contributed by atoms with Crippen molar-refractivity contribution in [2.24, 2.45) is 0 Å². The van der Waals surface area contributed by atoms with Crippen molar-refractivity contribution < 1.29 is 9.32 Å². The van der Waals surface area contributed by atoms with Crippen molar-refractivity contribution in [1.29, 1.82) is 0 Å². The SMILES string of the molecule is Cc1cc(C(=O)NC[C@@H](c2ccccc2)N(C)C)no1. The van der Waals surface area contributed by atoms with E-state index in [4.69, 9.17) is 4.52 Å². The van der Waals surface area contributed by atoms with Crippen LogP contribution in [0.3, 0.4) is 0 Å². The molecular weight excluding hydrogens is 254 g/mol. The second-order valence-electron chi connectivity index (χ2n) is 4.92. The third kappa shape index (κ3) is 3.45. The molecule has 0 aliphatic rings. The molecule has 1 atom stereocenters. The molecule has 1 amide bonds. The number of carbonyl (C=O) groups excluding carboxylic acids is 1. The maximum Gasteiger partial charge on any atom is 0.273 e. The molecule has 1 heterocycles. The Kier molecular flexibility index (Phi) is 4.53. The van der Waals surface area contributed by atoms with E-state index in [2.05, 4.69) is 27.5 Å². The van der Waals surface area contributed by atoms with E-state index in [1.807, 2.05) is 32.3 Å². The Morgan fingerprint density at radius 1 is 1.35 bits per heavy atom. The molecule has 0 aliphatic heterocycles. The van der Waals surface area contributed by atoms with Crippen LogP contribution in [-0.2, 0) is 0 Å². The lowest BCUT2D eigenvalue weighted by Gasteiger charge is -2.24. The summed E-state index contributed by atoms with van der Waals surface area (Å²) < 4.78 is 4.90. The number of carbonyl (C=O) groups is 1. The van der Waals surface area contributed by atoms with Crippen molar-refractivity contribution in [3.63, 3.8) is 0 Å². The van der Waals surface area contributed by atoms with Gasteiger partial charge in [-0.25, -0.2) is 0 Å². The van der Waals surface area contributed by atoms with Gasteiger partial charge >= 0.3 is 0 Å². The molecule has 2 rings (SSSR count). The molecule has 1 N–H and O–H groups in total. The van der Waals surface area contributed by atoms with Gasteiger partial charge in [0.05, 0.1) is 6.04 Å². The van der Waals surface area contributed by atoms with E-state index >= 15 is 0 Å². The quantitative estimate of drug-likeness (QED) is 0.905. The lowest BCUT2D eigenvalue weighted by atomic mass is 10.1. The molecule has 0 saturated heterocycles. The number of amides is 1. The Balaban J connectivity index is 2.01. The third-order valence-electron chi connectivity index (χ3n) is 3.12. The first kappa shape index (κ1) is 14.3. The molecule has 0 unspecified atom stereocenters. The second kappa shape index (κ2) is 6.34. The van der Waals surface area contributed by atoms with Gasteiger partial charge in [0, 0.05) is 12.6 Å². The van der Waals surface area contributed by atoms with Crippen molar-refractivity contribution in [2.75, 3.05) is 20.6 Å². The minimum atomic E-state index is -0.218. The molecule has 0 spiro atoms. The zero-order valence-corrected chi connectivity index (χ0v) is 12.0. The van der Waals surface area contributed by atoms with E-state index in [1.165, 1.54) is 0 Å². The number of hydrogen-bond donors (Lipinski definition) is 1. The van der Waals surface area contributed by atoms with Crippen LogP contribution in [0.5, 0.6) is 0 Å². The maximum atomic E-state index is 12.0. The van der Waals surface area contributed by atoms with E-state index in [1.54, 1.807) is 13.0 Å². The third-order valence-corrected chi connectivity index (χ3v) is 3.12. The second-order valence-corrected chi connectivity index (χ2v) is 4.92. The van der Waals surface area contributed by atoms with Crippen LogP contribution in [0.1, 0.15) is 27.9 Å². The summed E-state index contributed by atoms with van der Waals surface area (Å²) in [6, 6.07) is 11.8. The van der Waals surface area contributed by atoms with Gasteiger partial charge in [-0.05, 0) is 26.6 Å². The van der Waals surface area contributed by atoms with Crippen LogP contribution in [0.4, 0.5) is 0 Å². The lowest BCUT2D eigenvalue weighted by Crippen LogP contribution is -2.34. The molecule has 106 valence electrons. The molecule has 0 fully saturated rings. The van der Waals surface area contributed by atoms with E-state index in [0.717, 1.165) is 5.56 Å². The molecule has 2 aromatic rings. The Labute approximate surface area is 118 Å². The minimum Gasteiger partial charge on any atom is -0.361 e. The average Bonchev–Trinajstić information content (AvgIpc) is 2.86. The predicted molar refractivity (Wildman–Crippen MR) is 76.4 cm³/mol. The van der Waals surface area contributed by atoms with Crippen LogP contribution >= 0.6 is 0 Å². The Bertz CT molecular complexity index is 564.